The second kappa shape index (κ2) is 13.7. The molecule has 0 aliphatic carbocycles. The van der Waals surface area contributed by atoms with Gasteiger partial charge >= 0.3 is 17.9 Å². The van der Waals surface area contributed by atoms with Gasteiger partial charge < -0.3 is 25.3 Å². The van der Waals surface area contributed by atoms with E-state index in [9.17, 15) is 23.2 Å². The zero-order valence-electron chi connectivity index (χ0n) is 18.8. The van der Waals surface area contributed by atoms with Crippen LogP contribution >= 0.6 is 11.3 Å². The molecule has 0 atom stereocenters. The molecule has 12 heteroatoms. The highest BCUT2D eigenvalue weighted by atomic mass is 32.1. The maximum absolute atomic E-state index is 13.3. The van der Waals surface area contributed by atoms with Crippen LogP contribution in [0.25, 0.3) is 0 Å². The lowest BCUT2D eigenvalue weighted by atomic mass is 9.96. The molecule has 1 aromatic carbocycles. The molecule has 0 aliphatic heterocycles. The van der Waals surface area contributed by atoms with Gasteiger partial charge in [-0.05, 0) is 43.2 Å². The Balaban J connectivity index is 0.000000385. The van der Waals surface area contributed by atoms with Gasteiger partial charge in [0.05, 0.1) is 12.8 Å². The van der Waals surface area contributed by atoms with Gasteiger partial charge in [-0.2, -0.15) is 0 Å². The van der Waals surface area contributed by atoms with Crippen LogP contribution in [0.3, 0.4) is 0 Å². The van der Waals surface area contributed by atoms with Crippen molar-refractivity contribution in [3.63, 3.8) is 0 Å². The van der Waals surface area contributed by atoms with Crippen LogP contribution in [0.5, 0.6) is 0 Å². The van der Waals surface area contributed by atoms with E-state index < -0.39 is 48.0 Å². The number of halogens is 2. The normalized spacial score (nSPS) is 11.3. The number of hydrogen-bond donors (Lipinski definition) is 4. The summed E-state index contributed by atoms with van der Waals surface area (Å²) >= 11 is 1.71. The lowest BCUT2D eigenvalue weighted by molar-refractivity contribution is -0.170. The first kappa shape index (κ1) is 29.1. The summed E-state index contributed by atoms with van der Waals surface area (Å²) in [7, 11) is 4.06. The number of nitrogens with zero attached hydrogens (tertiary/aromatic N) is 2. The van der Waals surface area contributed by atoms with Crippen LogP contribution < -0.4 is 0 Å². The zero-order chi connectivity index (χ0) is 25.9. The fourth-order valence-corrected chi connectivity index (χ4v) is 3.53. The van der Waals surface area contributed by atoms with Crippen molar-refractivity contribution in [2.24, 2.45) is 0 Å². The fourth-order valence-electron chi connectivity index (χ4n) is 2.79. The minimum atomic E-state index is -2.74. The van der Waals surface area contributed by atoms with Crippen molar-refractivity contribution in [1.29, 1.82) is 0 Å². The van der Waals surface area contributed by atoms with Crippen LogP contribution in [0.1, 0.15) is 23.3 Å². The summed E-state index contributed by atoms with van der Waals surface area (Å²) in [6.07, 6.45) is -2.29. The quantitative estimate of drug-likeness (QED) is 0.344. The van der Waals surface area contributed by atoms with Gasteiger partial charge in [-0.1, -0.05) is 12.1 Å². The highest BCUT2D eigenvalue weighted by Crippen LogP contribution is 2.17. The third-order valence-electron chi connectivity index (χ3n) is 4.50. The van der Waals surface area contributed by atoms with Gasteiger partial charge in [0, 0.05) is 31.1 Å². The Bertz CT molecular complexity index is 939. The van der Waals surface area contributed by atoms with Gasteiger partial charge in [0.2, 0.25) is 0 Å². The molecule has 2 rings (SSSR count). The lowest BCUT2D eigenvalue weighted by Gasteiger charge is -2.23. The number of carboxylic acids is 3. The van der Waals surface area contributed by atoms with Gasteiger partial charge in [0.15, 0.2) is 17.2 Å². The van der Waals surface area contributed by atoms with E-state index in [1.807, 2.05) is 20.2 Å². The third kappa shape index (κ3) is 10.8. The minimum Gasteiger partial charge on any atom is -0.481 e. The van der Waals surface area contributed by atoms with Gasteiger partial charge in [0.1, 0.15) is 0 Å². The van der Waals surface area contributed by atoms with E-state index in [1.54, 1.807) is 17.4 Å². The molecule has 1 heterocycles. The minimum absolute atomic E-state index is 0.614. The SMILES string of the molecule is CN(C)CCN(Cc1ccc(F)c(F)c1)Cc1cccs1.O=C(O)CC(O)(CC(=O)O)C(=O)O. The lowest BCUT2D eigenvalue weighted by Crippen LogP contribution is -2.42. The molecule has 0 amide bonds. The Hall–Kier alpha value is -2.93. The Morgan fingerprint density at radius 1 is 0.941 bits per heavy atom. The van der Waals surface area contributed by atoms with Crippen molar-refractivity contribution < 1.29 is 43.6 Å². The summed E-state index contributed by atoms with van der Waals surface area (Å²) in [4.78, 5) is 36.1. The molecule has 0 saturated carbocycles. The molecule has 34 heavy (non-hydrogen) atoms. The van der Waals surface area contributed by atoms with E-state index in [0.717, 1.165) is 25.2 Å². The van der Waals surface area contributed by atoms with E-state index in [0.29, 0.717) is 6.54 Å². The molecule has 2 aromatic rings. The zero-order valence-corrected chi connectivity index (χ0v) is 19.6. The average Bonchev–Trinajstić information content (AvgIpc) is 3.21. The van der Waals surface area contributed by atoms with Gasteiger partial charge in [-0.15, -0.1) is 11.3 Å². The molecular weight excluding hydrogens is 474 g/mol. The topological polar surface area (TPSA) is 139 Å². The fraction of sp³-hybridized carbons (Fsp3) is 0.409. The second-order valence-corrected chi connectivity index (χ2v) is 8.85. The standard InChI is InChI=1S/C16H20F2N2S.C6H8O7/c1-19(2)7-8-20(12-14-4-3-9-21-14)11-13-5-6-15(17)16(18)10-13;7-3(8)1-6(13,5(11)12)2-4(9)10/h3-6,9-10H,7-8,11-12H2,1-2H3;13H,1-2H2,(H,7,8)(H,9,10)(H,11,12). The number of likely N-dealkylation sites (N-methyl/N-ethyl adjacent to an activating group) is 1. The summed E-state index contributed by atoms with van der Waals surface area (Å²) in [5.74, 6) is -6.59. The molecule has 0 spiro atoms. The number of carbonyl (C=O) groups is 3. The van der Waals surface area contributed by atoms with Crippen molar-refractivity contribution in [1.82, 2.24) is 9.80 Å². The van der Waals surface area contributed by atoms with Crippen molar-refractivity contribution in [3.05, 3.63) is 57.8 Å². The molecule has 188 valence electrons. The van der Waals surface area contributed by atoms with Crippen molar-refractivity contribution in [3.8, 4) is 0 Å². The van der Waals surface area contributed by atoms with Crippen molar-refractivity contribution in [2.75, 3.05) is 27.2 Å². The molecule has 4 N–H and O–H groups in total. The van der Waals surface area contributed by atoms with Crippen molar-refractivity contribution >= 4 is 29.2 Å². The first-order chi connectivity index (χ1) is 15.8. The van der Waals surface area contributed by atoms with Gasteiger partial charge in [-0.3, -0.25) is 14.5 Å². The molecule has 0 aliphatic rings. The average molecular weight is 503 g/mol. The van der Waals surface area contributed by atoms with Gasteiger partial charge in [-0.25, -0.2) is 13.6 Å². The Morgan fingerprint density at radius 2 is 1.56 bits per heavy atom. The molecule has 1 aromatic heterocycles. The predicted octanol–water partition coefficient (Wildman–Crippen LogP) is 2.34. The molecule has 0 fully saturated rings. The second-order valence-electron chi connectivity index (χ2n) is 7.82. The van der Waals surface area contributed by atoms with Crippen LogP contribution in [-0.2, 0) is 27.5 Å². The Kier molecular flexibility index (Phi) is 11.7. The van der Waals surface area contributed by atoms with Crippen LogP contribution in [-0.4, -0.2) is 80.9 Å². The highest BCUT2D eigenvalue weighted by molar-refractivity contribution is 7.09. The van der Waals surface area contributed by atoms with Crippen LogP contribution in [0.2, 0.25) is 0 Å². The van der Waals surface area contributed by atoms with Crippen LogP contribution in [0.4, 0.5) is 8.78 Å². The molecule has 0 saturated heterocycles. The maximum atomic E-state index is 13.3. The number of rotatable bonds is 12. The molecule has 0 bridgehead atoms. The summed E-state index contributed by atoms with van der Waals surface area (Å²) in [5.41, 5.74) is -1.94. The smallest absolute Gasteiger partial charge is 0.336 e. The first-order valence-corrected chi connectivity index (χ1v) is 10.9. The number of hydrogen-bond acceptors (Lipinski definition) is 7. The predicted molar refractivity (Wildman–Crippen MR) is 120 cm³/mol. The summed E-state index contributed by atoms with van der Waals surface area (Å²) in [5, 5.41) is 35.9. The van der Waals surface area contributed by atoms with E-state index in [-0.39, 0.29) is 0 Å². The van der Waals surface area contributed by atoms with Gasteiger partial charge in [0.25, 0.3) is 0 Å². The monoisotopic (exact) mass is 502 g/mol. The van der Waals surface area contributed by atoms with E-state index in [1.165, 1.54) is 17.0 Å². The highest BCUT2D eigenvalue weighted by Gasteiger charge is 2.40. The molecular formula is C22H28F2N2O7S. The number of aliphatic carboxylic acids is 3. The third-order valence-corrected chi connectivity index (χ3v) is 5.36. The number of carboxylic acid groups (broad SMARTS) is 3. The molecule has 9 nitrogen and oxygen atoms in total. The van der Waals surface area contributed by atoms with Crippen LogP contribution in [0, 0.1) is 11.6 Å². The van der Waals surface area contributed by atoms with E-state index in [4.69, 9.17) is 20.4 Å². The van der Waals surface area contributed by atoms with Crippen LogP contribution in [0.15, 0.2) is 35.7 Å². The van der Waals surface area contributed by atoms with E-state index >= 15 is 0 Å². The number of thiophene rings is 1. The summed E-state index contributed by atoms with van der Waals surface area (Å²) < 4.78 is 26.3. The van der Waals surface area contributed by atoms with E-state index in [2.05, 4.69) is 21.2 Å². The molecule has 0 radical (unpaired) electrons. The summed E-state index contributed by atoms with van der Waals surface area (Å²) in [6.45, 7) is 3.24. The number of aliphatic hydroxyl groups is 1. The maximum Gasteiger partial charge on any atom is 0.336 e. The molecule has 0 unspecified atom stereocenters. The van der Waals surface area contributed by atoms with Crippen molar-refractivity contribution in [2.45, 2.75) is 31.5 Å². The Morgan fingerprint density at radius 3 is 2.00 bits per heavy atom. The Labute approximate surface area is 199 Å². The first-order valence-electron chi connectivity index (χ1n) is 10.0. The number of benzene rings is 1. The largest absolute Gasteiger partial charge is 0.481 e. The summed E-state index contributed by atoms with van der Waals surface area (Å²) in [6, 6.07) is 8.25.